The van der Waals surface area contributed by atoms with Crippen molar-refractivity contribution >= 4 is 44.3 Å². The highest BCUT2D eigenvalue weighted by Gasteiger charge is 2.23. The van der Waals surface area contributed by atoms with Crippen LogP contribution in [0.3, 0.4) is 0 Å². The van der Waals surface area contributed by atoms with Gasteiger partial charge in [0.1, 0.15) is 4.21 Å². The van der Waals surface area contributed by atoms with Crippen LogP contribution in [0.5, 0.6) is 0 Å². The number of halogens is 1. The molecule has 2 heterocycles. The lowest BCUT2D eigenvalue weighted by molar-refractivity contribution is 0.471. The van der Waals surface area contributed by atoms with E-state index < -0.39 is 10.0 Å². The number of rotatable bonds is 4. The van der Waals surface area contributed by atoms with Crippen LogP contribution < -0.4 is 0 Å². The smallest absolute Gasteiger partial charge is 0.206 e. The number of hydrogen-bond acceptors (Lipinski definition) is 4. The topological polar surface area (TPSA) is 37.4 Å². The molecule has 2 rings (SSSR count). The zero-order valence-electron chi connectivity index (χ0n) is 9.88. The summed E-state index contributed by atoms with van der Waals surface area (Å²) in [5.74, 6) is 0. The predicted molar refractivity (Wildman–Crippen MR) is 77.0 cm³/mol. The minimum absolute atomic E-state index is 0.282. The first-order valence-corrected chi connectivity index (χ1v) is 8.67. The Morgan fingerprint density at radius 2 is 2.06 bits per heavy atom. The second-order valence-electron chi connectivity index (χ2n) is 3.85. The number of nitrogens with zero attached hydrogens (tertiary/aromatic N) is 1. The molecule has 0 unspecified atom stereocenters. The molecule has 0 atom stereocenters. The Morgan fingerprint density at radius 3 is 2.56 bits per heavy atom. The van der Waals surface area contributed by atoms with Crippen molar-refractivity contribution in [2.75, 3.05) is 7.05 Å². The van der Waals surface area contributed by atoms with Crippen molar-refractivity contribution in [3.8, 4) is 0 Å². The van der Waals surface area contributed by atoms with Gasteiger partial charge in [-0.05, 0) is 36.1 Å². The van der Waals surface area contributed by atoms with E-state index in [4.69, 9.17) is 11.6 Å². The van der Waals surface area contributed by atoms with Crippen LogP contribution in [0.25, 0.3) is 0 Å². The van der Waals surface area contributed by atoms with E-state index in [0.717, 1.165) is 21.8 Å². The molecule has 0 aliphatic heterocycles. The SMILES string of the molecule is Cc1ccsc1CN(C)S(=O)(=O)c1ccc(Cl)s1. The lowest BCUT2D eigenvalue weighted by Crippen LogP contribution is -2.25. The Hall–Kier alpha value is -0.400. The molecule has 0 saturated carbocycles. The summed E-state index contributed by atoms with van der Waals surface area (Å²) in [6, 6.07) is 5.13. The highest BCUT2D eigenvalue weighted by molar-refractivity contribution is 7.91. The highest BCUT2D eigenvalue weighted by atomic mass is 35.5. The van der Waals surface area contributed by atoms with Gasteiger partial charge in [-0.1, -0.05) is 11.6 Å². The van der Waals surface area contributed by atoms with E-state index in [1.807, 2.05) is 18.4 Å². The fourth-order valence-electron chi connectivity index (χ4n) is 1.44. The quantitative estimate of drug-likeness (QED) is 0.863. The summed E-state index contributed by atoms with van der Waals surface area (Å²) in [6.07, 6.45) is 0. The molecule has 18 heavy (non-hydrogen) atoms. The van der Waals surface area contributed by atoms with Crippen molar-refractivity contribution in [2.45, 2.75) is 17.7 Å². The number of hydrogen-bond donors (Lipinski definition) is 0. The van der Waals surface area contributed by atoms with Crippen molar-refractivity contribution in [1.82, 2.24) is 4.31 Å². The van der Waals surface area contributed by atoms with Gasteiger partial charge >= 0.3 is 0 Å². The van der Waals surface area contributed by atoms with Gasteiger partial charge in [-0.25, -0.2) is 8.42 Å². The second-order valence-corrected chi connectivity index (χ2v) is 8.83. The molecular weight excluding hydrogens is 310 g/mol. The van der Waals surface area contributed by atoms with E-state index in [9.17, 15) is 8.42 Å². The number of sulfonamides is 1. The van der Waals surface area contributed by atoms with Crippen molar-refractivity contribution in [2.24, 2.45) is 0 Å². The molecular formula is C11H12ClNO2S3. The third-order valence-electron chi connectivity index (χ3n) is 2.55. The zero-order chi connectivity index (χ0) is 13.3. The Balaban J connectivity index is 2.23. The van der Waals surface area contributed by atoms with Gasteiger partial charge in [-0.15, -0.1) is 22.7 Å². The van der Waals surface area contributed by atoms with E-state index in [0.29, 0.717) is 10.9 Å². The van der Waals surface area contributed by atoms with E-state index >= 15 is 0 Å². The van der Waals surface area contributed by atoms with Crippen LogP contribution in [0.2, 0.25) is 4.34 Å². The molecule has 7 heteroatoms. The highest BCUT2D eigenvalue weighted by Crippen LogP contribution is 2.29. The van der Waals surface area contributed by atoms with Gasteiger partial charge in [-0.2, -0.15) is 4.31 Å². The Labute approximate surface area is 120 Å². The normalized spacial score (nSPS) is 12.2. The lowest BCUT2D eigenvalue weighted by Gasteiger charge is -2.15. The van der Waals surface area contributed by atoms with E-state index in [-0.39, 0.29) is 4.21 Å². The summed E-state index contributed by atoms with van der Waals surface area (Å²) in [4.78, 5) is 1.06. The van der Waals surface area contributed by atoms with Gasteiger partial charge in [0.2, 0.25) is 0 Å². The molecule has 0 bridgehead atoms. The van der Waals surface area contributed by atoms with Gasteiger partial charge < -0.3 is 0 Å². The zero-order valence-corrected chi connectivity index (χ0v) is 13.1. The molecule has 0 aliphatic carbocycles. The maximum absolute atomic E-state index is 12.3. The second kappa shape index (κ2) is 5.30. The van der Waals surface area contributed by atoms with Crippen LogP contribution in [-0.4, -0.2) is 19.8 Å². The third-order valence-corrected chi connectivity index (χ3v) is 7.06. The molecule has 2 aromatic heterocycles. The molecule has 0 aliphatic rings. The van der Waals surface area contributed by atoms with Crippen LogP contribution in [0.1, 0.15) is 10.4 Å². The fourth-order valence-corrected chi connectivity index (χ4v) is 5.32. The van der Waals surface area contributed by atoms with Gasteiger partial charge in [0, 0.05) is 18.5 Å². The largest absolute Gasteiger partial charge is 0.252 e. The predicted octanol–water partition coefficient (Wildman–Crippen LogP) is 3.59. The fraction of sp³-hybridized carbons (Fsp3) is 0.273. The molecule has 0 saturated heterocycles. The first-order chi connectivity index (χ1) is 8.41. The Kier molecular flexibility index (Phi) is 4.13. The van der Waals surface area contributed by atoms with Gasteiger partial charge in [0.15, 0.2) is 0 Å². The lowest BCUT2D eigenvalue weighted by atomic mass is 10.3. The monoisotopic (exact) mass is 321 g/mol. The molecule has 98 valence electrons. The maximum Gasteiger partial charge on any atom is 0.252 e. The van der Waals surface area contributed by atoms with Crippen molar-refractivity contribution in [3.63, 3.8) is 0 Å². The van der Waals surface area contributed by atoms with Crippen LogP contribution in [-0.2, 0) is 16.6 Å². The Bertz CT molecular complexity index is 645. The van der Waals surface area contributed by atoms with Crippen molar-refractivity contribution in [3.05, 3.63) is 38.4 Å². The standard InChI is InChI=1S/C11H12ClNO2S3/c1-8-5-6-16-9(8)7-13(2)18(14,15)11-4-3-10(12)17-11/h3-6H,7H2,1-2H3. The van der Waals surface area contributed by atoms with Crippen LogP contribution in [0.4, 0.5) is 0 Å². The molecule has 2 aromatic rings. The van der Waals surface area contributed by atoms with Crippen LogP contribution in [0.15, 0.2) is 27.8 Å². The molecule has 3 nitrogen and oxygen atoms in total. The van der Waals surface area contributed by atoms with Gasteiger partial charge in [0.25, 0.3) is 10.0 Å². The van der Waals surface area contributed by atoms with Gasteiger partial charge in [-0.3, -0.25) is 0 Å². The summed E-state index contributed by atoms with van der Waals surface area (Å²) in [5, 5.41) is 1.97. The van der Waals surface area contributed by atoms with E-state index in [1.165, 1.54) is 4.31 Å². The van der Waals surface area contributed by atoms with E-state index in [1.54, 1.807) is 30.5 Å². The maximum atomic E-state index is 12.3. The summed E-state index contributed by atoms with van der Waals surface area (Å²) in [7, 11) is -1.85. The minimum atomic E-state index is -3.44. The average Bonchev–Trinajstić information content (AvgIpc) is 2.89. The molecule has 0 radical (unpaired) electrons. The van der Waals surface area contributed by atoms with Crippen molar-refractivity contribution in [1.29, 1.82) is 0 Å². The molecule has 0 fully saturated rings. The summed E-state index contributed by atoms with van der Waals surface area (Å²) in [6.45, 7) is 2.37. The summed E-state index contributed by atoms with van der Waals surface area (Å²) < 4.78 is 26.6. The Morgan fingerprint density at radius 1 is 1.33 bits per heavy atom. The van der Waals surface area contributed by atoms with Crippen molar-refractivity contribution < 1.29 is 8.42 Å². The molecule has 0 N–H and O–H groups in total. The molecule has 0 spiro atoms. The summed E-state index contributed by atoms with van der Waals surface area (Å²) in [5.41, 5.74) is 1.12. The van der Waals surface area contributed by atoms with E-state index in [2.05, 4.69) is 0 Å². The molecule has 0 amide bonds. The third kappa shape index (κ3) is 2.78. The minimum Gasteiger partial charge on any atom is -0.206 e. The average molecular weight is 322 g/mol. The van der Waals surface area contributed by atoms with Crippen LogP contribution >= 0.6 is 34.3 Å². The molecule has 0 aromatic carbocycles. The van der Waals surface area contributed by atoms with Crippen LogP contribution in [0, 0.1) is 6.92 Å². The number of aryl methyl sites for hydroxylation is 1. The summed E-state index contributed by atoms with van der Waals surface area (Å²) >= 11 is 8.42. The van der Waals surface area contributed by atoms with Gasteiger partial charge in [0.05, 0.1) is 4.34 Å². The first kappa shape index (κ1) is 14.0. The number of thiophene rings is 2. The first-order valence-electron chi connectivity index (χ1n) is 5.16.